The first-order valence-corrected chi connectivity index (χ1v) is 7.47. The fraction of sp³-hybridized carbons (Fsp3) is 0.625. The second-order valence-electron chi connectivity index (χ2n) is 6.04. The summed E-state index contributed by atoms with van der Waals surface area (Å²) in [5.41, 5.74) is 8.40. The van der Waals surface area contributed by atoms with Crippen molar-refractivity contribution in [1.29, 1.82) is 0 Å². The highest BCUT2D eigenvalue weighted by Crippen LogP contribution is 2.41. The van der Waals surface area contributed by atoms with Gasteiger partial charge >= 0.3 is 0 Å². The Morgan fingerprint density at radius 1 is 1.40 bits per heavy atom. The fourth-order valence-corrected chi connectivity index (χ4v) is 3.79. The van der Waals surface area contributed by atoms with E-state index in [0.717, 1.165) is 44.3 Å². The van der Waals surface area contributed by atoms with Gasteiger partial charge in [-0.25, -0.2) is 4.39 Å². The largest absolute Gasteiger partial charge is 0.381 e. The third kappa shape index (κ3) is 2.21. The maximum absolute atomic E-state index is 13.6. The average Bonchev–Trinajstić information content (AvgIpc) is 2.91. The molecule has 1 aliphatic heterocycles. The molecule has 1 aromatic carbocycles. The van der Waals surface area contributed by atoms with Crippen LogP contribution in [0.4, 0.5) is 10.1 Å². The predicted molar refractivity (Wildman–Crippen MR) is 78.5 cm³/mol. The van der Waals surface area contributed by atoms with Crippen LogP contribution >= 0.6 is 0 Å². The minimum absolute atomic E-state index is 0.0198. The summed E-state index contributed by atoms with van der Waals surface area (Å²) >= 11 is 0. The number of rotatable bonds is 3. The lowest BCUT2D eigenvalue weighted by atomic mass is 9.79. The average molecular weight is 278 g/mol. The van der Waals surface area contributed by atoms with Crippen LogP contribution in [0.25, 0.3) is 0 Å². The zero-order valence-electron chi connectivity index (χ0n) is 12.1. The van der Waals surface area contributed by atoms with Crippen LogP contribution in [-0.2, 0) is 11.2 Å². The summed E-state index contributed by atoms with van der Waals surface area (Å²) in [7, 11) is 1.78. The molecule has 3 rings (SSSR count). The summed E-state index contributed by atoms with van der Waals surface area (Å²) in [6.07, 6.45) is 5.47. The van der Waals surface area contributed by atoms with E-state index in [1.165, 1.54) is 5.56 Å². The standard InChI is InChI=1S/C16H23FN2O/c1-20-14-4-7-16(11-18,8-5-14)19-9-6-12-2-3-13(17)10-15(12)19/h2-3,10,14H,4-9,11,18H2,1H3. The summed E-state index contributed by atoms with van der Waals surface area (Å²) in [5, 5.41) is 0. The van der Waals surface area contributed by atoms with Gasteiger partial charge in [-0.2, -0.15) is 0 Å². The number of benzene rings is 1. The Balaban J connectivity index is 1.87. The van der Waals surface area contributed by atoms with Gasteiger partial charge in [-0.05, 0) is 49.8 Å². The summed E-state index contributed by atoms with van der Waals surface area (Å²) in [5.74, 6) is -0.159. The maximum atomic E-state index is 13.6. The van der Waals surface area contributed by atoms with Gasteiger partial charge in [0.05, 0.1) is 11.6 Å². The number of ether oxygens (including phenoxy) is 1. The lowest BCUT2D eigenvalue weighted by Crippen LogP contribution is -2.56. The summed E-state index contributed by atoms with van der Waals surface area (Å²) in [6.45, 7) is 1.58. The topological polar surface area (TPSA) is 38.5 Å². The first-order chi connectivity index (χ1) is 9.68. The number of fused-ring (bicyclic) bond motifs is 1. The number of anilines is 1. The Morgan fingerprint density at radius 2 is 2.15 bits per heavy atom. The highest BCUT2D eigenvalue weighted by atomic mass is 19.1. The third-order valence-electron chi connectivity index (χ3n) is 5.09. The lowest BCUT2D eigenvalue weighted by molar-refractivity contribution is 0.0499. The van der Waals surface area contributed by atoms with Crippen molar-refractivity contribution < 1.29 is 9.13 Å². The van der Waals surface area contributed by atoms with E-state index >= 15 is 0 Å². The van der Waals surface area contributed by atoms with Crippen molar-refractivity contribution in [1.82, 2.24) is 0 Å². The van der Waals surface area contributed by atoms with Crippen molar-refractivity contribution >= 4 is 5.69 Å². The maximum Gasteiger partial charge on any atom is 0.125 e. The van der Waals surface area contributed by atoms with Crippen molar-refractivity contribution in [3.8, 4) is 0 Å². The smallest absolute Gasteiger partial charge is 0.125 e. The molecule has 0 saturated heterocycles. The second kappa shape index (κ2) is 5.34. The van der Waals surface area contributed by atoms with Crippen LogP contribution in [0.5, 0.6) is 0 Å². The zero-order chi connectivity index (χ0) is 14.2. The first kappa shape index (κ1) is 13.8. The Labute approximate surface area is 119 Å². The van der Waals surface area contributed by atoms with Crippen LogP contribution in [0.1, 0.15) is 31.2 Å². The van der Waals surface area contributed by atoms with Crippen molar-refractivity contribution in [2.75, 3.05) is 25.1 Å². The van der Waals surface area contributed by atoms with Gasteiger partial charge in [-0.1, -0.05) is 6.07 Å². The normalized spacial score (nSPS) is 29.6. The molecule has 0 spiro atoms. The van der Waals surface area contributed by atoms with Crippen molar-refractivity contribution in [3.05, 3.63) is 29.6 Å². The molecule has 1 heterocycles. The summed E-state index contributed by atoms with van der Waals surface area (Å²) in [6, 6.07) is 5.14. The Kier molecular flexibility index (Phi) is 3.69. The molecule has 0 aromatic heterocycles. The van der Waals surface area contributed by atoms with Crippen molar-refractivity contribution in [3.63, 3.8) is 0 Å². The minimum Gasteiger partial charge on any atom is -0.381 e. The van der Waals surface area contributed by atoms with Gasteiger partial charge in [-0.15, -0.1) is 0 Å². The molecule has 1 aromatic rings. The van der Waals surface area contributed by atoms with Gasteiger partial charge < -0.3 is 15.4 Å². The highest BCUT2D eigenvalue weighted by molar-refractivity contribution is 5.60. The molecule has 0 atom stereocenters. The number of hydrogen-bond donors (Lipinski definition) is 1. The molecule has 20 heavy (non-hydrogen) atoms. The van der Waals surface area contributed by atoms with E-state index in [1.807, 2.05) is 6.07 Å². The molecule has 2 aliphatic rings. The third-order valence-corrected chi connectivity index (χ3v) is 5.09. The quantitative estimate of drug-likeness (QED) is 0.923. The molecular formula is C16H23FN2O. The van der Waals surface area contributed by atoms with Crippen molar-refractivity contribution in [2.45, 2.75) is 43.7 Å². The Bertz CT molecular complexity index is 483. The van der Waals surface area contributed by atoms with Crippen LogP contribution in [-0.4, -0.2) is 31.8 Å². The van der Waals surface area contributed by atoms with E-state index in [1.54, 1.807) is 19.2 Å². The summed E-state index contributed by atoms with van der Waals surface area (Å²) < 4.78 is 19.0. The van der Waals surface area contributed by atoms with Gasteiger partial charge in [-0.3, -0.25) is 0 Å². The van der Waals surface area contributed by atoms with E-state index in [-0.39, 0.29) is 11.4 Å². The van der Waals surface area contributed by atoms with Gasteiger partial charge in [0.15, 0.2) is 0 Å². The van der Waals surface area contributed by atoms with E-state index in [0.29, 0.717) is 12.6 Å². The Morgan fingerprint density at radius 3 is 2.80 bits per heavy atom. The van der Waals surface area contributed by atoms with Crippen LogP contribution in [0, 0.1) is 5.82 Å². The monoisotopic (exact) mass is 278 g/mol. The molecule has 110 valence electrons. The molecule has 4 heteroatoms. The van der Waals surface area contributed by atoms with Gasteiger partial charge in [0.25, 0.3) is 0 Å². The molecule has 1 fully saturated rings. The SMILES string of the molecule is COC1CCC(CN)(N2CCc3ccc(F)cc32)CC1. The summed E-state index contributed by atoms with van der Waals surface area (Å²) in [4.78, 5) is 2.36. The number of nitrogens with zero attached hydrogens (tertiary/aromatic N) is 1. The van der Waals surface area contributed by atoms with E-state index in [9.17, 15) is 4.39 Å². The molecule has 1 aliphatic carbocycles. The Hall–Kier alpha value is -1.13. The second-order valence-corrected chi connectivity index (χ2v) is 6.04. The van der Waals surface area contributed by atoms with Crippen LogP contribution in [0.15, 0.2) is 18.2 Å². The number of nitrogens with two attached hydrogens (primary N) is 1. The fourth-order valence-electron chi connectivity index (χ4n) is 3.79. The van der Waals surface area contributed by atoms with Crippen LogP contribution in [0.2, 0.25) is 0 Å². The van der Waals surface area contributed by atoms with E-state index in [4.69, 9.17) is 10.5 Å². The number of methoxy groups -OCH3 is 1. The zero-order valence-corrected chi connectivity index (χ0v) is 12.1. The highest BCUT2D eigenvalue weighted by Gasteiger charge is 2.41. The van der Waals surface area contributed by atoms with E-state index in [2.05, 4.69) is 4.90 Å². The molecular weight excluding hydrogens is 255 g/mol. The first-order valence-electron chi connectivity index (χ1n) is 7.47. The molecule has 3 nitrogen and oxygen atoms in total. The molecule has 0 unspecified atom stereocenters. The van der Waals surface area contributed by atoms with Crippen molar-refractivity contribution in [2.24, 2.45) is 5.73 Å². The predicted octanol–water partition coefficient (Wildman–Crippen LogP) is 2.47. The van der Waals surface area contributed by atoms with Crippen LogP contribution in [0.3, 0.4) is 0 Å². The number of halogens is 1. The van der Waals surface area contributed by atoms with Gasteiger partial charge in [0.1, 0.15) is 5.82 Å². The van der Waals surface area contributed by atoms with E-state index < -0.39 is 0 Å². The van der Waals surface area contributed by atoms with Gasteiger partial charge in [0, 0.05) is 25.9 Å². The van der Waals surface area contributed by atoms with Gasteiger partial charge in [0.2, 0.25) is 0 Å². The number of hydrogen-bond acceptors (Lipinski definition) is 3. The molecule has 2 N–H and O–H groups in total. The molecule has 1 saturated carbocycles. The molecule has 0 bridgehead atoms. The van der Waals surface area contributed by atoms with Crippen LogP contribution < -0.4 is 10.6 Å². The lowest BCUT2D eigenvalue weighted by Gasteiger charge is -2.47. The molecule has 0 amide bonds. The molecule has 0 radical (unpaired) electrons. The minimum atomic E-state index is -0.159.